The molecule has 15 heavy (non-hydrogen) atoms. The molecule has 4 heteroatoms. The first-order valence-corrected chi connectivity index (χ1v) is 5.63. The van der Waals surface area contributed by atoms with Gasteiger partial charge in [-0.3, -0.25) is 4.79 Å². The molecule has 0 aliphatic rings. The summed E-state index contributed by atoms with van der Waals surface area (Å²) < 4.78 is 4.83. The third-order valence-electron chi connectivity index (χ3n) is 2.06. The minimum Gasteiger partial charge on any atom is -0.383 e. The minimum absolute atomic E-state index is 0.0871. The van der Waals surface area contributed by atoms with Crippen molar-refractivity contribution in [3.8, 4) is 0 Å². The molecule has 0 aromatic heterocycles. The number of amides is 1. The lowest BCUT2D eigenvalue weighted by Gasteiger charge is -2.07. The second-order valence-corrected chi connectivity index (χ2v) is 4.03. The van der Waals surface area contributed by atoms with Gasteiger partial charge in [-0.15, -0.1) is 0 Å². The zero-order valence-corrected chi connectivity index (χ0v) is 10.1. The van der Waals surface area contributed by atoms with Crippen molar-refractivity contribution in [1.82, 2.24) is 10.6 Å². The number of carbonyl (C=O) groups excluding carboxylic acids is 1. The Bertz CT molecular complexity index is 161. The van der Waals surface area contributed by atoms with Gasteiger partial charge in [0, 0.05) is 26.6 Å². The molecule has 0 saturated carbocycles. The predicted molar refractivity (Wildman–Crippen MR) is 61.8 cm³/mol. The standard InChI is InChI=1S/C11H24N2O2/c1-10(2)4-6-12-7-5-11(14)13-8-9-15-3/h10,12H,4-9H2,1-3H3,(H,13,14). The van der Waals surface area contributed by atoms with Crippen LogP contribution in [0.3, 0.4) is 0 Å². The van der Waals surface area contributed by atoms with Crippen molar-refractivity contribution < 1.29 is 9.53 Å². The molecular formula is C11H24N2O2. The Morgan fingerprint density at radius 3 is 2.60 bits per heavy atom. The Morgan fingerprint density at radius 2 is 2.00 bits per heavy atom. The lowest BCUT2D eigenvalue weighted by Crippen LogP contribution is -2.30. The van der Waals surface area contributed by atoms with E-state index in [2.05, 4.69) is 24.5 Å². The van der Waals surface area contributed by atoms with E-state index < -0.39 is 0 Å². The molecule has 0 aliphatic heterocycles. The fraction of sp³-hybridized carbons (Fsp3) is 0.909. The molecule has 0 bridgehead atoms. The monoisotopic (exact) mass is 216 g/mol. The van der Waals surface area contributed by atoms with Crippen molar-refractivity contribution in [2.45, 2.75) is 26.7 Å². The predicted octanol–water partition coefficient (Wildman–Crippen LogP) is 0.775. The molecule has 0 aromatic carbocycles. The van der Waals surface area contributed by atoms with Crippen LogP contribution in [0.1, 0.15) is 26.7 Å². The number of rotatable bonds is 9. The van der Waals surface area contributed by atoms with Gasteiger partial charge in [-0.05, 0) is 18.9 Å². The zero-order valence-electron chi connectivity index (χ0n) is 10.1. The average Bonchev–Trinajstić information content (AvgIpc) is 2.17. The van der Waals surface area contributed by atoms with E-state index in [0.717, 1.165) is 19.5 Å². The first-order chi connectivity index (χ1) is 7.16. The van der Waals surface area contributed by atoms with Gasteiger partial charge in [0.15, 0.2) is 0 Å². The molecular weight excluding hydrogens is 192 g/mol. The summed E-state index contributed by atoms with van der Waals surface area (Å²) in [7, 11) is 1.62. The maximum Gasteiger partial charge on any atom is 0.221 e. The highest BCUT2D eigenvalue weighted by Gasteiger charge is 1.99. The Labute approximate surface area is 92.8 Å². The summed E-state index contributed by atoms with van der Waals surface area (Å²) in [6, 6.07) is 0. The number of methoxy groups -OCH3 is 1. The maximum absolute atomic E-state index is 11.2. The van der Waals surface area contributed by atoms with E-state index in [1.54, 1.807) is 7.11 Å². The van der Waals surface area contributed by atoms with Crippen molar-refractivity contribution in [2.24, 2.45) is 5.92 Å². The highest BCUT2D eigenvalue weighted by Crippen LogP contribution is 1.95. The van der Waals surface area contributed by atoms with Crippen molar-refractivity contribution in [3.63, 3.8) is 0 Å². The van der Waals surface area contributed by atoms with Crippen LogP contribution in [-0.2, 0) is 9.53 Å². The molecule has 1 amide bonds. The quantitative estimate of drug-likeness (QED) is 0.560. The van der Waals surface area contributed by atoms with Gasteiger partial charge in [0.25, 0.3) is 0 Å². The van der Waals surface area contributed by atoms with E-state index >= 15 is 0 Å². The first-order valence-electron chi connectivity index (χ1n) is 5.63. The van der Waals surface area contributed by atoms with Gasteiger partial charge in [0.2, 0.25) is 5.91 Å². The summed E-state index contributed by atoms with van der Waals surface area (Å²) in [5.74, 6) is 0.803. The summed E-state index contributed by atoms with van der Waals surface area (Å²) in [6.07, 6.45) is 1.70. The normalized spacial score (nSPS) is 10.7. The Kier molecular flexibility index (Phi) is 9.52. The number of hydrogen-bond donors (Lipinski definition) is 2. The van der Waals surface area contributed by atoms with Gasteiger partial charge in [-0.1, -0.05) is 13.8 Å². The number of carbonyl (C=O) groups is 1. The van der Waals surface area contributed by atoms with Crippen LogP contribution in [0.2, 0.25) is 0 Å². The third-order valence-corrected chi connectivity index (χ3v) is 2.06. The molecule has 0 heterocycles. The van der Waals surface area contributed by atoms with E-state index in [1.165, 1.54) is 0 Å². The van der Waals surface area contributed by atoms with Crippen LogP contribution in [0.4, 0.5) is 0 Å². The molecule has 0 aromatic rings. The average molecular weight is 216 g/mol. The smallest absolute Gasteiger partial charge is 0.221 e. The lowest BCUT2D eigenvalue weighted by molar-refractivity contribution is -0.121. The molecule has 0 unspecified atom stereocenters. The highest BCUT2D eigenvalue weighted by atomic mass is 16.5. The van der Waals surface area contributed by atoms with Crippen molar-refractivity contribution in [2.75, 3.05) is 33.4 Å². The Balaban J connectivity index is 3.17. The summed E-state index contributed by atoms with van der Waals surface area (Å²) in [5.41, 5.74) is 0. The molecule has 0 fully saturated rings. The van der Waals surface area contributed by atoms with E-state index in [1.807, 2.05) is 0 Å². The molecule has 2 N–H and O–H groups in total. The Morgan fingerprint density at radius 1 is 1.27 bits per heavy atom. The molecule has 0 aliphatic carbocycles. The van der Waals surface area contributed by atoms with Crippen LogP contribution in [0.5, 0.6) is 0 Å². The summed E-state index contributed by atoms with van der Waals surface area (Å²) >= 11 is 0. The number of ether oxygens (including phenoxy) is 1. The van der Waals surface area contributed by atoms with Gasteiger partial charge in [-0.2, -0.15) is 0 Å². The van der Waals surface area contributed by atoms with Crippen LogP contribution in [0.15, 0.2) is 0 Å². The number of nitrogens with one attached hydrogen (secondary N) is 2. The molecule has 0 rings (SSSR count). The maximum atomic E-state index is 11.2. The molecule has 90 valence electrons. The molecule has 4 nitrogen and oxygen atoms in total. The van der Waals surface area contributed by atoms with Gasteiger partial charge in [0.05, 0.1) is 6.61 Å². The van der Waals surface area contributed by atoms with E-state index in [0.29, 0.717) is 25.5 Å². The van der Waals surface area contributed by atoms with Gasteiger partial charge in [-0.25, -0.2) is 0 Å². The van der Waals surface area contributed by atoms with Crippen LogP contribution in [0.25, 0.3) is 0 Å². The third kappa shape index (κ3) is 11.3. The molecule has 0 spiro atoms. The van der Waals surface area contributed by atoms with Crippen LogP contribution in [0, 0.1) is 5.92 Å². The van der Waals surface area contributed by atoms with E-state index in [4.69, 9.17) is 4.74 Å². The van der Waals surface area contributed by atoms with E-state index in [-0.39, 0.29) is 5.91 Å². The van der Waals surface area contributed by atoms with Gasteiger partial charge < -0.3 is 15.4 Å². The lowest BCUT2D eigenvalue weighted by atomic mass is 10.1. The largest absolute Gasteiger partial charge is 0.383 e. The second-order valence-electron chi connectivity index (χ2n) is 4.03. The highest BCUT2D eigenvalue weighted by molar-refractivity contribution is 5.75. The van der Waals surface area contributed by atoms with Gasteiger partial charge >= 0.3 is 0 Å². The van der Waals surface area contributed by atoms with Crippen LogP contribution < -0.4 is 10.6 Å². The minimum atomic E-state index is 0.0871. The summed E-state index contributed by atoms with van der Waals surface area (Å²) in [5, 5.41) is 6.03. The number of hydrogen-bond acceptors (Lipinski definition) is 3. The van der Waals surface area contributed by atoms with Crippen molar-refractivity contribution in [3.05, 3.63) is 0 Å². The molecule has 0 atom stereocenters. The van der Waals surface area contributed by atoms with Crippen molar-refractivity contribution >= 4 is 5.91 Å². The van der Waals surface area contributed by atoms with Crippen LogP contribution >= 0.6 is 0 Å². The SMILES string of the molecule is COCCNC(=O)CCNCCC(C)C. The first kappa shape index (κ1) is 14.4. The van der Waals surface area contributed by atoms with E-state index in [9.17, 15) is 4.79 Å². The second kappa shape index (κ2) is 9.93. The van der Waals surface area contributed by atoms with Crippen LogP contribution in [-0.4, -0.2) is 39.3 Å². The molecule has 0 saturated heterocycles. The summed E-state index contributed by atoms with van der Waals surface area (Å²) in [4.78, 5) is 11.2. The molecule has 0 radical (unpaired) electrons. The zero-order chi connectivity index (χ0) is 11.5. The summed E-state index contributed by atoms with van der Waals surface area (Å²) in [6.45, 7) is 7.31. The fourth-order valence-electron chi connectivity index (χ4n) is 1.10. The Hall–Kier alpha value is -0.610. The van der Waals surface area contributed by atoms with Gasteiger partial charge in [0.1, 0.15) is 0 Å². The topological polar surface area (TPSA) is 50.4 Å². The van der Waals surface area contributed by atoms with Crippen molar-refractivity contribution in [1.29, 1.82) is 0 Å². The fourth-order valence-corrected chi connectivity index (χ4v) is 1.10.